The number of piperidine rings is 1. The summed E-state index contributed by atoms with van der Waals surface area (Å²) in [5.41, 5.74) is 2.11. The molecule has 2 saturated heterocycles. The molecule has 2 aliphatic rings. The van der Waals surface area contributed by atoms with E-state index in [1.54, 1.807) is 0 Å². The van der Waals surface area contributed by atoms with Crippen LogP contribution in [0.3, 0.4) is 0 Å². The highest BCUT2D eigenvalue weighted by Gasteiger charge is 2.27. The first-order valence-electron chi connectivity index (χ1n) is 8.55. The highest BCUT2D eigenvalue weighted by molar-refractivity contribution is 5.71. The van der Waals surface area contributed by atoms with Crippen LogP contribution in [-0.2, 0) is 6.42 Å². The first-order valence-corrected chi connectivity index (χ1v) is 8.55. The molecule has 2 aromatic heterocycles. The molecule has 2 aromatic rings. The molecule has 0 radical (unpaired) electrons. The van der Waals surface area contributed by atoms with E-state index in [2.05, 4.69) is 32.9 Å². The van der Waals surface area contributed by atoms with Crippen LogP contribution in [0, 0.1) is 0 Å². The Hall–Kier alpha value is -1.46. The van der Waals surface area contributed by atoms with Crippen LogP contribution in [0.2, 0.25) is 0 Å². The highest BCUT2D eigenvalue weighted by atomic mass is 15.2. The van der Waals surface area contributed by atoms with Crippen molar-refractivity contribution in [2.45, 2.75) is 44.2 Å². The van der Waals surface area contributed by atoms with Gasteiger partial charge in [-0.3, -0.25) is 0 Å². The third-order valence-corrected chi connectivity index (χ3v) is 5.09. The molecule has 2 aliphatic heterocycles. The second kappa shape index (κ2) is 5.97. The van der Waals surface area contributed by atoms with Gasteiger partial charge < -0.3 is 14.8 Å². The summed E-state index contributed by atoms with van der Waals surface area (Å²) in [7, 11) is 2.20. The quantitative estimate of drug-likeness (QED) is 0.941. The molecule has 1 N–H and O–H groups in total. The van der Waals surface area contributed by atoms with Gasteiger partial charge in [-0.05, 0) is 51.5 Å². The van der Waals surface area contributed by atoms with E-state index < -0.39 is 0 Å². The molecule has 0 bridgehead atoms. The lowest BCUT2D eigenvalue weighted by Gasteiger charge is -2.24. The van der Waals surface area contributed by atoms with Crippen molar-refractivity contribution >= 4 is 11.2 Å². The molecule has 0 aromatic carbocycles. The average molecular weight is 299 g/mol. The summed E-state index contributed by atoms with van der Waals surface area (Å²) in [6.45, 7) is 3.42. The maximum atomic E-state index is 4.92. The number of imidazole rings is 1. The summed E-state index contributed by atoms with van der Waals surface area (Å²) in [6.07, 6.45) is 8.02. The van der Waals surface area contributed by atoms with Gasteiger partial charge in [-0.2, -0.15) is 0 Å². The fourth-order valence-corrected chi connectivity index (χ4v) is 3.95. The maximum Gasteiger partial charge on any atom is 0.160 e. The zero-order valence-electron chi connectivity index (χ0n) is 13.3. The van der Waals surface area contributed by atoms with E-state index in [1.165, 1.54) is 31.5 Å². The van der Waals surface area contributed by atoms with Crippen LogP contribution in [-0.4, -0.2) is 52.2 Å². The van der Waals surface area contributed by atoms with Gasteiger partial charge in [0, 0.05) is 25.2 Å². The fraction of sp³-hybridized carbons (Fsp3) is 0.647. The zero-order valence-corrected chi connectivity index (χ0v) is 13.3. The molecule has 4 heterocycles. The summed E-state index contributed by atoms with van der Waals surface area (Å²) in [5, 5.41) is 3.65. The maximum absolute atomic E-state index is 4.92. The Morgan fingerprint density at radius 1 is 1.32 bits per heavy atom. The van der Waals surface area contributed by atoms with Crippen LogP contribution in [0.15, 0.2) is 18.3 Å². The van der Waals surface area contributed by atoms with E-state index in [-0.39, 0.29) is 0 Å². The van der Waals surface area contributed by atoms with Crippen molar-refractivity contribution in [3.63, 3.8) is 0 Å². The smallest absolute Gasteiger partial charge is 0.160 e. The van der Waals surface area contributed by atoms with Gasteiger partial charge in [0.05, 0.1) is 6.04 Å². The van der Waals surface area contributed by atoms with Crippen molar-refractivity contribution in [3.05, 3.63) is 24.2 Å². The van der Waals surface area contributed by atoms with E-state index >= 15 is 0 Å². The van der Waals surface area contributed by atoms with E-state index in [0.717, 1.165) is 37.2 Å². The van der Waals surface area contributed by atoms with Gasteiger partial charge in [0.15, 0.2) is 5.65 Å². The van der Waals surface area contributed by atoms with Crippen molar-refractivity contribution in [2.75, 3.05) is 26.7 Å². The Labute approximate surface area is 131 Å². The number of likely N-dealkylation sites (N-methyl/N-ethyl adjacent to an activating group) is 1. The van der Waals surface area contributed by atoms with Crippen LogP contribution in [0.5, 0.6) is 0 Å². The molecule has 0 aliphatic carbocycles. The minimum atomic E-state index is 0.517. The summed E-state index contributed by atoms with van der Waals surface area (Å²) in [4.78, 5) is 11.9. The number of nitrogens with one attached hydrogen (secondary N) is 1. The number of likely N-dealkylation sites (tertiary alicyclic amines) is 1. The molecule has 2 unspecified atom stereocenters. The minimum absolute atomic E-state index is 0.517. The highest BCUT2D eigenvalue weighted by Crippen LogP contribution is 2.27. The van der Waals surface area contributed by atoms with Crippen LogP contribution >= 0.6 is 0 Å². The van der Waals surface area contributed by atoms with E-state index in [4.69, 9.17) is 4.98 Å². The Morgan fingerprint density at radius 2 is 2.27 bits per heavy atom. The van der Waals surface area contributed by atoms with Gasteiger partial charge in [0.1, 0.15) is 11.3 Å². The molecule has 0 saturated carbocycles. The first-order chi connectivity index (χ1) is 10.8. The predicted octanol–water partition coefficient (Wildman–Crippen LogP) is 1.99. The number of hydrogen-bond donors (Lipinski definition) is 1. The van der Waals surface area contributed by atoms with Crippen molar-refractivity contribution in [1.82, 2.24) is 24.8 Å². The lowest BCUT2D eigenvalue weighted by atomic mass is 10.0. The SMILES string of the molecule is CN1CCC(n2c(CC3CCCCN3)nc3cccnc32)C1. The molecular formula is C17H25N5. The minimum Gasteiger partial charge on any atom is -0.314 e. The molecule has 2 atom stereocenters. The van der Waals surface area contributed by atoms with Gasteiger partial charge in [0.25, 0.3) is 0 Å². The molecular weight excluding hydrogens is 274 g/mol. The van der Waals surface area contributed by atoms with Gasteiger partial charge in [-0.15, -0.1) is 0 Å². The van der Waals surface area contributed by atoms with Crippen molar-refractivity contribution < 1.29 is 0 Å². The molecule has 0 spiro atoms. The topological polar surface area (TPSA) is 46.0 Å². The van der Waals surface area contributed by atoms with Crippen molar-refractivity contribution in [2.24, 2.45) is 0 Å². The first kappa shape index (κ1) is 14.2. The molecule has 0 amide bonds. The van der Waals surface area contributed by atoms with Crippen molar-refractivity contribution in [3.8, 4) is 0 Å². The molecule has 4 rings (SSSR count). The molecule has 118 valence electrons. The zero-order chi connectivity index (χ0) is 14.9. The van der Waals surface area contributed by atoms with Gasteiger partial charge in [-0.25, -0.2) is 9.97 Å². The van der Waals surface area contributed by atoms with E-state index in [0.29, 0.717) is 12.1 Å². The summed E-state index contributed by atoms with van der Waals surface area (Å²) in [5.74, 6) is 1.22. The Morgan fingerprint density at radius 3 is 3.05 bits per heavy atom. The van der Waals surface area contributed by atoms with Gasteiger partial charge in [-0.1, -0.05) is 6.42 Å². The molecule has 22 heavy (non-hydrogen) atoms. The number of aromatic nitrogens is 3. The second-order valence-corrected chi connectivity index (χ2v) is 6.80. The summed E-state index contributed by atoms with van der Waals surface area (Å²) < 4.78 is 2.43. The Bertz CT molecular complexity index is 644. The lowest BCUT2D eigenvalue weighted by Crippen LogP contribution is -2.36. The molecule has 5 nitrogen and oxygen atoms in total. The largest absolute Gasteiger partial charge is 0.314 e. The Kier molecular flexibility index (Phi) is 3.84. The number of pyridine rings is 1. The average Bonchev–Trinajstić information content (AvgIpc) is 3.11. The number of rotatable bonds is 3. The lowest BCUT2D eigenvalue weighted by molar-refractivity contribution is 0.374. The molecule has 2 fully saturated rings. The summed E-state index contributed by atoms with van der Waals surface area (Å²) in [6, 6.07) is 5.17. The van der Waals surface area contributed by atoms with Crippen LogP contribution in [0.25, 0.3) is 11.2 Å². The second-order valence-electron chi connectivity index (χ2n) is 6.80. The number of hydrogen-bond acceptors (Lipinski definition) is 4. The fourth-order valence-electron chi connectivity index (χ4n) is 3.95. The van der Waals surface area contributed by atoms with Crippen LogP contribution < -0.4 is 5.32 Å². The number of fused-ring (bicyclic) bond motifs is 1. The number of nitrogens with zero attached hydrogens (tertiary/aromatic N) is 4. The Balaban J connectivity index is 1.69. The summed E-state index contributed by atoms with van der Waals surface area (Å²) >= 11 is 0. The van der Waals surface area contributed by atoms with E-state index in [1.807, 2.05) is 12.3 Å². The van der Waals surface area contributed by atoms with Crippen LogP contribution in [0.1, 0.15) is 37.5 Å². The van der Waals surface area contributed by atoms with Gasteiger partial charge >= 0.3 is 0 Å². The third kappa shape index (κ3) is 2.63. The predicted molar refractivity (Wildman–Crippen MR) is 88.0 cm³/mol. The molecule has 5 heteroatoms. The monoisotopic (exact) mass is 299 g/mol. The normalized spacial score (nSPS) is 26.8. The third-order valence-electron chi connectivity index (χ3n) is 5.09. The standard InChI is InChI=1S/C17H25N5/c1-21-10-7-14(12-21)22-16(11-13-5-2-3-8-18-13)20-15-6-4-9-19-17(15)22/h4,6,9,13-14,18H,2-3,5,7-8,10-12H2,1H3. The van der Waals surface area contributed by atoms with E-state index in [9.17, 15) is 0 Å². The van der Waals surface area contributed by atoms with Gasteiger partial charge in [0.2, 0.25) is 0 Å². The van der Waals surface area contributed by atoms with Crippen molar-refractivity contribution in [1.29, 1.82) is 0 Å². The van der Waals surface area contributed by atoms with Crippen LogP contribution in [0.4, 0.5) is 0 Å².